The number of anilines is 4. The zero-order chi connectivity index (χ0) is 26.9. The predicted octanol–water partition coefficient (Wildman–Crippen LogP) is 5.29. The molecule has 3 heterocycles. The fourth-order valence-electron chi connectivity index (χ4n) is 4.80. The molecule has 0 spiro atoms. The maximum absolute atomic E-state index is 13.3. The van der Waals surface area contributed by atoms with Gasteiger partial charge in [0, 0.05) is 43.2 Å². The smallest absolute Gasteiger partial charge is 0.259 e. The average Bonchev–Trinajstić information content (AvgIpc) is 3.34. The number of likely N-dealkylation sites (N-methyl/N-ethyl adjacent to an activating group) is 1. The number of hydrogen-bond acceptors (Lipinski definition) is 7. The molecule has 0 unspecified atom stereocenters. The first-order chi connectivity index (χ1) is 19.0. The van der Waals surface area contributed by atoms with Gasteiger partial charge in [-0.2, -0.15) is 9.61 Å². The molecular weight excluding hydrogens is 514 g/mol. The highest BCUT2D eigenvalue weighted by molar-refractivity contribution is 6.29. The van der Waals surface area contributed by atoms with Crippen LogP contribution in [-0.2, 0) is 0 Å². The lowest BCUT2D eigenvalue weighted by Crippen LogP contribution is -2.44. The Bertz CT molecular complexity index is 1660. The number of aromatic nitrogens is 3. The van der Waals surface area contributed by atoms with Crippen molar-refractivity contribution in [2.45, 2.75) is 0 Å². The molecule has 5 aromatic rings. The van der Waals surface area contributed by atoms with Gasteiger partial charge in [-0.1, -0.05) is 17.7 Å². The lowest BCUT2D eigenvalue weighted by molar-refractivity contribution is 0.102. The van der Waals surface area contributed by atoms with E-state index in [0.717, 1.165) is 54.0 Å². The van der Waals surface area contributed by atoms with Gasteiger partial charge in [0.1, 0.15) is 10.9 Å². The number of nitrogens with one attached hydrogen (secondary N) is 2. The molecule has 0 aliphatic carbocycles. The summed E-state index contributed by atoms with van der Waals surface area (Å²) in [5.74, 6) is 0.953. The number of piperazine rings is 1. The molecule has 39 heavy (non-hydrogen) atoms. The van der Waals surface area contributed by atoms with Crippen molar-refractivity contribution < 1.29 is 9.53 Å². The SMILES string of the molecule is COc1cc2ccc(Nc3cnc4ccc(Cl)nn34)cc2cc1C(=O)Nc1ccc(N2CCN(C)CC2)cc1. The Balaban J connectivity index is 1.23. The summed E-state index contributed by atoms with van der Waals surface area (Å²) in [5, 5.41) is 12.9. The van der Waals surface area contributed by atoms with Gasteiger partial charge in [0.05, 0.1) is 18.9 Å². The third-order valence-corrected chi connectivity index (χ3v) is 7.20. The first kappa shape index (κ1) is 25.0. The highest BCUT2D eigenvalue weighted by Crippen LogP contribution is 2.30. The minimum Gasteiger partial charge on any atom is -0.496 e. The number of benzene rings is 3. The van der Waals surface area contributed by atoms with E-state index >= 15 is 0 Å². The number of nitrogens with zero attached hydrogens (tertiary/aromatic N) is 5. The van der Waals surface area contributed by atoms with Crippen LogP contribution in [0.25, 0.3) is 16.4 Å². The fourth-order valence-corrected chi connectivity index (χ4v) is 4.94. The Morgan fingerprint density at radius 3 is 2.46 bits per heavy atom. The monoisotopic (exact) mass is 541 g/mol. The van der Waals surface area contributed by atoms with Crippen molar-refractivity contribution in [2.24, 2.45) is 0 Å². The number of methoxy groups -OCH3 is 1. The number of carbonyl (C=O) groups is 1. The average molecular weight is 542 g/mol. The van der Waals surface area contributed by atoms with Gasteiger partial charge in [-0.15, -0.1) is 0 Å². The van der Waals surface area contributed by atoms with Crippen molar-refractivity contribution in [3.05, 3.63) is 83.6 Å². The summed E-state index contributed by atoms with van der Waals surface area (Å²) in [5.41, 5.74) is 3.85. The van der Waals surface area contributed by atoms with Crippen molar-refractivity contribution in [3.63, 3.8) is 0 Å². The number of hydrogen-bond donors (Lipinski definition) is 2. The molecule has 9 nitrogen and oxygen atoms in total. The number of ether oxygens (including phenoxy) is 1. The summed E-state index contributed by atoms with van der Waals surface area (Å²) < 4.78 is 7.22. The molecule has 198 valence electrons. The van der Waals surface area contributed by atoms with Gasteiger partial charge in [-0.05, 0) is 78.5 Å². The Morgan fingerprint density at radius 1 is 0.923 bits per heavy atom. The van der Waals surface area contributed by atoms with Crippen molar-refractivity contribution in [3.8, 4) is 5.75 Å². The fraction of sp³-hybridized carbons (Fsp3) is 0.207. The van der Waals surface area contributed by atoms with Crippen LogP contribution in [0.4, 0.5) is 22.9 Å². The second kappa shape index (κ2) is 10.4. The molecule has 1 saturated heterocycles. The van der Waals surface area contributed by atoms with Gasteiger partial charge in [-0.3, -0.25) is 4.79 Å². The Kier molecular flexibility index (Phi) is 6.68. The van der Waals surface area contributed by atoms with E-state index in [1.807, 2.05) is 42.5 Å². The quantitative estimate of drug-likeness (QED) is 0.302. The van der Waals surface area contributed by atoms with Gasteiger partial charge >= 0.3 is 0 Å². The van der Waals surface area contributed by atoms with E-state index < -0.39 is 0 Å². The zero-order valence-corrected chi connectivity index (χ0v) is 22.4. The molecule has 0 saturated carbocycles. The second-order valence-electron chi connectivity index (χ2n) is 9.60. The van der Waals surface area contributed by atoms with Crippen molar-refractivity contribution in [2.75, 3.05) is 55.9 Å². The first-order valence-corrected chi connectivity index (χ1v) is 13.1. The molecule has 3 aromatic carbocycles. The van der Waals surface area contributed by atoms with Crippen LogP contribution >= 0.6 is 11.6 Å². The van der Waals surface area contributed by atoms with Gasteiger partial charge in [0.25, 0.3) is 5.91 Å². The van der Waals surface area contributed by atoms with Crippen molar-refractivity contribution in [1.29, 1.82) is 0 Å². The molecule has 0 bridgehead atoms. The first-order valence-electron chi connectivity index (χ1n) is 12.7. The maximum atomic E-state index is 13.3. The highest BCUT2D eigenvalue weighted by Gasteiger charge is 2.17. The number of halogens is 1. The second-order valence-corrected chi connectivity index (χ2v) is 9.99. The van der Waals surface area contributed by atoms with Gasteiger partial charge in [0.2, 0.25) is 0 Å². The molecule has 0 atom stereocenters. The Labute approximate surface area is 230 Å². The minimum atomic E-state index is -0.236. The van der Waals surface area contributed by atoms with Crippen molar-refractivity contribution in [1.82, 2.24) is 19.5 Å². The van der Waals surface area contributed by atoms with Gasteiger partial charge in [-0.25, -0.2) is 4.98 Å². The summed E-state index contributed by atoms with van der Waals surface area (Å²) >= 11 is 6.07. The number of amides is 1. The van der Waals surface area contributed by atoms with Crippen LogP contribution < -0.4 is 20.3 Å². The number of fused-ring (bicyclic) bond motifs is 2. The summed E-state index contributed by atoms with van der Waals surface area (Å²) in [6, 6.07) is 21.1. The van der Waals surface area contributed by atoms with Crippen LogP contribution in [-0.4, -0.2) is 65.7 Å². The van der Waals surface area contributed by atoms with E-state index in [1.165, 1.54) is 0 Å². The summed E-state index contributed by atoms with van der Waals surface area (Å²) in [6.45, 7) is 4.08. The van der Waals surface area contributed by atoms with Gasteiger partial charge < -0.3 is 25.2 Å². The minimum absolute atomic E-state index is 0.236. The number of imidazole rings is 1. The van der Waals surface area contributed by atoms with Crippen LogP contribution in [0.15, 0.2) is 72.9 Å². The van der Waals surface area contributed by atoms with Crippen LogP contribution in [0, 0.1) is 0 Å². The molecule has 1 aliphatic heterocycles. The maximum Gasteiger partial charge on any atom is 0.259 e. The van der Waals surface area contributed by atoms with E-state index in [4.69, 9.17) is 16.3 Å². The summed E-state index contributed by atoms with van der Waals surface area (Å²) in [7, 11) is 3.71. The molecular formula is C29H28ClN7O2. The van der Waals surface area contributed by atoms with Gasteiger partial charge in [0.15, 0.2) is 11.5 Å². The molecule has 2 aromatic heterocycles. The molecule has 2 N–H and O–H groups in total. The topological polar surface area (TPSA) is 87.0 Å². The van der Waals surface area contributed by atoms with E-state index in [2.05, 4.69) is 49.7 Å². The molecule has 1 amide bonds. The lowest BCUT2D eigenvalue weighted by Gasteiger charge is -2.34. The third kappa shape index (κ3) is 5.19. The molecule has 6 rings (SSSR count). The van der Waals surface area contributed by atoms with E-state index in [0.29, 0.717) is 27.9 Å². The molecule has 0 radical (unpaired) electrons. The zero-order valence-electron chi connectivity index (χ0n) is 21.7. The molecule has 1 fully saturated rings. The summed E-state index contributed by atoms with van der Waals surface area (Å²) in [6.07, 6.45) is 1.70. The predicted molar refractivity (Wildman–Crippen MR) is 156 cm³/mol. The van der Waals surface area contributed by atoms with Crippen molar-refractivity contribution >= 4 is 56.8 Å². The largest absolute Gasteiger partial charge is 0.496 e. The molecule has 10 heteroatoms. The van der Waals surface area contributed by atoms with Crippen LogP contribution in [0.2, 0.25) is 5.15 Å². The van der Waals surface area contributed by atoms with E-state index in [-0.39, 0.29) is 5.91 Å². The normalized spacial score (nSPS) is 14.1. The lowest BCUT2D eigenvalue weighted by atomic mass is 10.0. The highest BCUT2D eigenvalue weighted by atomic mass is 35.5. The number of rotatable bonds is 6. The van der Waals surface area contributed by atoms with E-state index in [1.54, 1.807) is 30.0 Å². The van der Waals surface area contributed by atoms with Crippen LogP contribution in [0.1, 0.15) is 10.4 Å². The molecule has 1 aliphatic rings. The standard InChI is InChI=1S/C29H28ClN7O2/c1-35-11-13-36(14-12-35)23-7-5-21(6-8-23)33-29(38)24-16-20-15-22(4-3-19(20)17-25(24)39-2)32-28-18-31-27-10-9-26(30)34-37(27)28/h3-10,15-18,32H,11-14H2,1-2H3,(H,33,38). The summed E-state index contributed by atoms with van der Waals surface area (Å²) in [4.78, 5) is 22.4. The Morgan fingerprint density at radius 2 is 1.69 bits per heavy atom. The van der Waals surface area contributed by atoms with Crippen LogP contribution in [0.3, 0.4) is 0 Å². The third-order valence-electron chi connectivity index (χ3n) is 7.00. The Hall–Kier alpha value is -4.34. The van der Waals surface area contributed by atoms with Crippen LogP contribution in [0.5, 0.6) is 5.75 Å². The number of carbonyl (C=O) groups excluding carboxylic acids is 1. The van der Waals surface area contributed by atoms with E-state index in [9.17, 15) is 4.79 Å².